The fraction of sp³-hybridized carbons (Fsp3) is 0.448. The van der Waals surface area contributed by atoms with Gasteiger partial charge in [-0.3, -0.25) is 24.6 Å². The highest BCUT2D eigenvalue weighted by atomic mass is 16.2. The summed E-state index contributed by atoms with van der Waals surface area (Å²) in [5.74, 6) is -0.799. The van der Waals surface area contributed by atoms with Gasteiger partial charge < -0.3 is 9.47 Å². The SMILES string of the molecule is O=C1CCC(N2Cc3cc(-c4cc(CN5CCCC5)c5ccn(C6CCC6)c5n4)ccc3C2=O)C(=O)N1. The van der Waals surface area contributed by atoms with Crippen molar-refractivity contribution < 1.29 is 14.4 Å². The van der Waals surface area contributed by atoms with E-state index in [0.29, 0.717) is 24.6 Å². The number of likely N-dealkylation sites (tertiary alicyclic amines) is 1. The van der Waals surface area contributed by atoms with Crippen molar-refractivity contribution in [3.8, 4) is 11.3 Å². The number of pyridine rings is 1. The molecule has 5 heterocycles. The molecule has 4 aliphatic rings. The number of nitrogens with zero attached hydrogens (tertiary/aromatic N) is 4. The number of hydrogen-bond acceptors (Lipinski definition) is 5. The van der Waals surface area contributed by atoms with Gasteiger partial charge >= 0.3 is 0 Å². The van der Waals surface area contributed by atoms with Crippen molar-refractivity contribution in [2.24, 2.45) is 0 Å². The number of carbonyl (C=O) groups is 3. The molecule has 1 atom stereocenters. The van der Waals surface area contributed by atoms with E-state index in [0.717, 1.165) is 42.1 Å². The number of hydrogen-bond donors (Lipinski definition) is 1. The maximum absolute atomic E-state index is 13.2. The van der Waals surface area contributed by atoms with Crippen LogP contribution in [0.4, 0.5) is 0 Å². The third-order valence-electron chi connectivity index (χ3n) is 8.65. The Morgan fingerprint density at radius 1 is 0.973 bits per heavy atom. The second kappa shape index (κ2) is 8.80. The molecule has 37 heavy (non-hydrogen) atoms. The van der Waals surface area contributed by atoms with Crippen molar-refractivity contribution >= 4 is 28.8 Å². The molecule has 2 saturated heterocycles. The number of carbonyl (C=O) groups excluding carboxylic acids is 3. The Bertz CT molecular complexity index is 1430. The van der Waals surface area contributed by atoms with Crippen LogP contribution < -0.4 is 5.32 Å². The lowest BCUT2D eigenvalue weighted by Gasteiger charge is -2.29. The Morgan fingerprint density at radius 3 is 2.57 bits per heavy atom. The topological polar surface area (TPSA) is 87.5 Å². The van der Waals surface area contributed by atoms with Crippen molar-refractivity contribution in [2.75, 3.05) is 13.1 Å². The van der Waals surface area contributed by atoms with E-state index in [-0.39, 0.29) is 24.1 Å². The lowest BCUT2D eigenvalue weighted by Crippen LogP contribution is -2.52. The van der Waals surface area contributed by atoms with Crippen LogP contribution in [-0.2, 0) is 22.7 Å². The lowest BCUT2D eigenvalue weighted by molar-refractivity contribution is -0.136. The van der Waals surface area contributed by atoms with Gasteiger partial charge in [-0.1, -0.05) is 6.07 Å². The van der Waals surface area contributed by atoms with Gasteiger partial charge in [-0.05, 0) is 87.0 Å². The van der Waals surface area contributed by atoms with Gasteiger partial charge in [0, 0.05) is 48.3 Å². The van der Waals surface area contributed by atoms with Crippen LogP contribution in [0.25, 0.3) is 22.3 Å². The van der Waals surface area contributed by atoms with Gasteiger partial charge in [0.15, 0.2) is 0 Å². The van der Waals surface area contributed by atoms with Crippen molar-refractivity contribution in [3.63, 3.8) is 0 Å². The van der Waals surface area contributed by atoms with Gasteiger partial charge in [-0.15, -0.1) is 0 Å². The van der Waals surface area contributed by atoms with Crippen LogP contribution >= 0.6 is 0 Å². The van der Waals surface area contributed by atoms with Crippen molar-refractivity contribution in [1.82, 2.24) is 24.7 Å². The molecule has 7 rings (SSSR count). The average molecular weight is 498 g/mol. The molecule has 1 N–H and O–H groups in total. The van der Waals surface area contributed by atoms with Crippen molar-refractivity contribution in [2.45, 2.75) is 70.1 Å². The summed E-state index contributed by atoms with van der Waals surface area (Å²) in [5, 5.41) is 3.62. The summed E-state index contributed by atoms with van der Waals surface area (Å²) >= 11 is 0. The van der Waals surface area contributed by atoms with Crippen molar-refractivity contribution in [3.05, 3.63) is 53.2 Å². The van der Waals surface area contributed by atoms with E-state index < -0.39 is 6.04 Å². The first-order chi connectivity index (χ1) is 18.0. The molecule has 8 heteroatoms. The number of benzene rings is 1. The number of aromatic nitrogens is 2. The fourth-order valence-corrected chi connectivity index (χ4v) is 6.35. The Morgan fingerprint density at radius 2 is 1.81 bits per heavy atom. The zero-order valence-electron chi connectivity index (χ0n) is 20.9. The number of imide groups is 1. The normalized spacial score (nSPS) is 22.5. The van der Waals surface area contributed by atoms with E-state index in [1.54, 1.807) is 4.90 Å². The molecule has 3 aliphatic heterocycles. The predicted octanol–water partition coefficient (Wildman–Crippen LogP) is 3.79. The molecule has 1 saturated carbocycles. The molecule has 0 radical (unpaired) electrons. The first-order valence-corrected chi connectivity index (χ1v) is 13.6. The van der Waals surface area contributed by atoms with Gasteiger partial charge in [0.1, 0.15) is 11.7 Å². The van der Waals surface area contributed by atoms with Crippen molar-refractivity contribution in [1.29, 1.82) is 0 Å². The van der Waals surface area contributed by atoms with Crippen LogP contribution in [0, 0.1) is 0 Å². The summed E-state index contributed by atoms with van der Waals surface area (Å²) in [6.45, 7) is 3.57. The summed E-state index contributed by atoms with van der Waals surface area (Å²) in [4.78, 5) is 46.5. The maximum Gasteiger partial charge on any atom is 0.255 e. The van der Waals surface area contributed by atoms with E-state index in [1.807, 2.05) is 12.1 Å². The van der Waals surface area contributed by atoms with Crippen LogP contribution in [-0.4, -0.2) is 56.2 Å². The minimum atomic E-state index is -0.603. The molecule has 0 spiro atoms. The Kier molecular flexibility index (Phi) is 5.39. The van der Waals surface area contributed by atoms with E-state index in [2.05, 4.69) is 39.2 Å². The maximum atomic E-state index is 13.2. The van der Waals surface area contributed by atoms with Gasteiger partial charge in [0.2, 0.25) is 11.8 Å². The average Bonchev–Trinajstić information content (AvgIpc) is 3.58. The van der Waals surface area contributed by atoms with Crippen LogP contribution in [0.2, 0.25) is 0 Å². The molecule has 190 valence electrons. The summed E-state index contributed by atoms with van der Waals surface area (Å²) in [5.41, 5.74) is 5.81. The van der Waals surface area contributed by atoms with Crippen LogP contribution in [0.3, 0.4) is 0 Å². The molecular weight excluding hydrogens is 466 g/mol. The first-order valence-electron chi connectivity index (χ1n) is 13.6. The predicted molar refractivity (Wildman–Crippen MR) is 139 cm³/mol. The molecule has 2 aromatic heterocycles. The van der Waals surface area contributed by atoms with Gasteiger partial charge in [-0.2, -0.15) is 0 Å². The van der Waals surface area contributed by atoms with E-state index in [4.69, 9.17) is 4.98 Å². The molecule has 8 nitrogen and oxygen atoms in total. The highest BCUT2D eigenvalue weighted by Gasteiger charge is 2.39. The third kappa shape index (κ3) is 3.85. The standard InChI is InChI=1S/C29H31N5O3/c35-26-9-8-25(28(36)31-26)34-17-19-14-18(6-7-23(19)29(34)37)24-15-20(16-32-11-1-2-12-32)22-10-13-33(27(22)30-24)21-4-3-5-21/h6-7,10,13-15,21,25H,1-5,8-9,11-12,16-17H2,(H,31,35,36). The van der Waals surface area contributed by atoms with Gasteiger partial charge in [0.25, 0.3) is 5.91 Å². The highest BCUT2D eigenvalue weighted by molar-refractivity contribution is 6.05. The van der Waals surface area contributed by atoms with Gasteiger partial charge in [0.05, 0.1) is 5.69 Å². The Balaban J connectivity index is 1.25. The number of fused-ring (bicyclic) bond motifs is 2. The summed E-state index contributed by atoms with van der Waals surface area (Å²) in [6, 6.07) is 10.3. The largest absolute Gasteiger partial charge is 0.329 e. The first kappa shape index (κ1) is 22.7. The Hall–Kier alpha value is -3.52. The Labute approximate surface area is 215 Å². The lowest BCUT2D eigenvalue weighted by atomic mass is 9.93. The zero-order valence-corrected chi connectivity index (χ0v) is 20.9. The molecule has 3 amide bonds. The molecule has 1 aromatic carbocycles. The summed E-state index contributed by atoms with van der Waals surface area (Å²) in [7, 11) is 0. The second-order valence-electron chi connectivity index (χ2n) is 11.0. The summed E-state index contributed by atoms with van der Waals surface area (Å²) < 4.78 is 2.36. The second-order valence-corrected chi connectivity index (χ2v) is 11.0. The van der Waals surface area contributed by atoms with E-state index in [9.17, 15) is 14.4 Å². The highest BCUT2D eigenvalue weighted by Crippen LogP contribution is 2.37. The van der Waals surface area contributed by atoms with Gasteiger partial charge in [-0.25, -0.2) is 4.98 Å². The van der Waals surface area contributed by atoms with Crippen LogP contribution in [0.5, 0.6) is 0 Å². The number of nitrogens with one attached hydrogen (secondary N) is 1. The van der Waals surface area contributed by atoms with Crippen LogP contribution in [0.1, 0.15) is 72.5 Å². The van der Waals surface area contributed by atoms with E-state index >= 15 is 0 Å². The molecule has 1 aliphatic carbocycles. The number of piperidine rings is 1. The molecule has 3 aromatic rings. The molecule has 0 bridgehead atoms. The minimum absolute atomic E-state index is 0.145. The monoisotopic (exact) mass is 497 g/mol. The molecular formula is C29H31N5O3. The molecule has 1 unspecified atom stereocenters. The third-order valence-corrected chi connectivity index (χ3v) is 8.65. The van der Waals surface area contributed by atoms with Crippen LogP contribution in [0.15, 0.2) is 36.5 Å². The fourth-order valence-electron chi connectivity index (χ4n) is 6.35. The number of rotatable bonds is 5. The quantitative estimate of drug-likeness (QED) is 0.542. The van der Waals surface area contributed by atoms with E-state index in [1.165, 1.54) is 43.1 Å². The minimum Gasteiger partial charge on any atom is -0.329 e. The number of amides is 3. The smallest absolute Gasteiger partial charge is 0.255 e. The zero-order chi connectivity index (χ0) is 25.1. The molecule has 3 fully saturated rings. The summed E-state index contributed by atoms with van der Waals surface area (Å²) in [6.07, 6.45) is 9.02.